The maximum atomic E-state index is 12.0. The van der Waals surface area contributed by atoms with Crippen LogP contribution < -0.4 is 0 Å². The van der Waals surface area contributed by atoms with Crippen LogP contribution in [0, 0.1) is 0 Å². The van der Waals surface area contributed by atoms with Crippen LogP contribution in [-0.4, -0.2) is 37.6 Å². The predicted molar refractivity (Wildman–Crippen MR) is 77.3 cm³/mol. The zero-order valence-electron chi connectivity index (χ0n) is 12.0. The molecule has 0 aliphatic rings. The molecule has 0 saturated heterocycles. The molecule has 6 nitrogen and oxygen atoms in total. The van der Waals surface area contributed by atoms with Gasteiger partial charge in [-0.15, -0.1) is 11.3 Å². The van der Waals surface area contributed by atoms with Crippen molar-refractivity contribution in [3.05, 3.63) is 28.7 Å². The van der Waals surface area contributed by atoms with E-state index in [-0.39, 0.29) is 5.91 Å². The van der Waals surface area contributed by atoms with E-state index < -0.39 is 0 Å². The Balaban J connectivity index is 1.83. The summed E-state index contributed by atoms with van der Waals surface area (Å²) in [6, 6.07) is 0. The van der Waals surface area contributed by atoms with E-state index in [1.807, 2.05) is 5.38 Å². The number of aromatic nitrogens is 4. The lowest BCUT2D eigenvalue weighted by atomic mass is 10.2. The molecule has 2 rings (SSSR count). The van der Waals surface area contributed by atoms with Crippen molar-refractivity contribution in [2.24, 2.45) is 0 Å². The van der Waals surface area contributed by atoms with Gasteiger partial charge in [-0.2, -0.15) is 5.10 Å². The van der Waals surface area contributed by atoms with Gasteiger partial charge in [0, 0.05) is 24.8 Å². The summed E-state index contributed by atoms with van der Waals surface area (Å²) in [7, 11) is 1.80. The van der Waals surface area contributed by atoms with Crippen LogP contribution in [0.2, 0.25) is 0 Å². The van der Waals surface area contributed by atoms with Crippen LogP contribution in [0.25, 0.3) is 0 Å². The van der Waals surface area contributed by atoms with Crippen LogP contribution in [0.4, 0.5) is 0 Å². The van der Waals surface area contributed by atoms with E-state index in [1.165, 1.54) is 6.33 Å². The minimum absolute atomic E-state index is 0.0830. The van der Waals surface area contributed by atoms with Crippen molar-refractivity contribution in [2.75, 3.05) is 7.05 Å². The molecule has 0 radical (unpaired) electrons. The number of nitrogens with zero attached hydrogens (tertiary/aromatic N) is 5. The lowest BCUT2D eigenvalue weighted by molar-refractivity contribution is -0.130. The second kappa shape index (κ2) is 6.60. The Hall–Kier alpha value is -1.76. The lowest BCUT2D eigenvalue weighted by Crippen LogP contribution is -2.27. The molecule has 0 bridgehead atoms. The molecule has 108 valence electrons. The highest BCUT2D eigenvalue weighted by Crippen LogP contribution is 2.19. The van der Waals surface area contributed by atoms with Gasteiger partial charge < -0.3 is 4.90 Å². The highest BCUT2D eigenvalue weighted by molar-refractivity contribution is 7.09. The SMILES string of the molecule is CC(C)c1nc(CN(C)C(=O)CCn2cncn2)cs1. The highest BCUT2D eigenvalue weighted by atomic mass is 32.1. The Morgan fingerprint density at radius 1 is 1.50 bits per heavy atom. The number of hydrogen-bond acceptors (Lipinski definition) is 5. The van der Waals surface area contributed by atoms with E-state index in [4.69, 9.17) is 0 Å². The van der Waals surface area contributed by atoms with Crippen molar-refractivity contribution >= 4 is 17.2 Å². The first-order valence-electron chi connectivity index (χ1n) is 6.57. The van der Waals surface area contributed by atoms with Crippen molar-refractivity contribution in [2.45, 2.75) is 39.3 Å². The Morgan fingerprint density at radius 2 is 2.30 bits per heavy atom. The molecule has 0 aliphatic heterocycles. The molecule has 2 aromatic rings. The van der Waals surface area contributed by atoms with Crippen molar-refractivity contribution in [3.63, 3.8) is 0 Å². The number of rotatable bonds is 6. The van der Waals surface area contributed by atoms with Gasteiger partial charge in [-0.1, -0.05) is 13.8 Å². The molecule has 0 atom stereocenters. The van der Waals surface area contributed by atoms with Crippen LogP contribution in [0.1, 0.15) is 36.9 Å². The molecule has 0 fully saturated rings. The van der Waals surface area contributed by atoms with E-state index >= 15 is 0 Å². The zero-order valence-corrected chi connectivity index (χ0v) is 12.8. The first-order chi connectivity index (χ1) is 9.56. The third kappa shape index (κ3) is 3.86. The molecule has 2 heterocycles. The Labute approximate surface area is 122 Å². The number of carbonyl (C=O) groups excluding carboxylic acids is 1. The molecule has 0 aliphatic carbocycles. The molecular formula is C13H19N5OS. The van der Waals surface area contributed by atoms with E-state index in [0.717, 1.165) is 10.7 Å². The predicted octanol–water partition coefficient (Wildman–Crippen LogP) is 1.91. The second-order valence-electron chi connectivity index (χ2n) is 4.99. The molecule has 0 spiro atoms. The van der Waals surface area contributed by atoms with Gasteiger partial charge in [0.2, 0.25) is 5.91 Å². The largest absolute Gasteiger partial charge is 0.340 e. The molecule has 0 N–H and O–H groups in total. The van der Waals surface area contributed by atoms with E-state index in [0.29, 0.717) is 25.4 Å². The fraction of sp³-hybridized carbons (Fsp3) is 0.538. The van der Waals surface area contributed by atoms with Gasteiger partial charge in [-0.05, 0) is 0 Å². The van der Waals surface area contributed by atoms with Crippen LogP contribution in [0.3, 0.4) is 0 Å². The monoisotopic (exact) mass is 293 g/mol. The molecule has 0 unspecified atom stereocenters. The fourth-order valence-electron chi connectivity index (χ4n) is 1.74. The Morgan fingerprint density at radius 3 is 2.90 bits per heavy atom. The fourth-order valence-corrected chi connectivity index (χ4v) is 2.57. The first-order valence-corrected chi connectivity index (χ1v) is 7.45. The van der Waals surface area contributed by atoms with E-state index in [9.17, 15) is 4.79 Å². The van der Waals surface area contributed by atoms with Crippen LogP contribution in [0.15, 0.2) is 18.0 Å². The van der Waals surface area contributed by atoms with Crippen molar-refractivity contribution in [1.29, 1.82) is 0 Å². The summed E-state index contributed by atoms with van der Waals surface area (Å²) < 4.78 is 1.66. The summed E-state index contributed by atoms with van der Waals surface area (Å²) in [5, 5.41) is 7.12. The number of aryl methyl sites for hydroxylation is 1. The average molecular weight is 293 g/mol. The Bertz CT molecular complexity index is 549. The third-order valence-corrected chi connectivity index (χ3v) is 4.10. The van der Waals surface area contributed by atoms with Crippen LogP contribution in [-0.2, 0) is 17.9 Å². The summed E-state index contributed by atoms with van der Waals surface area (Å²) in [6.07, 6.45) is 3.50. The highest BCUT2D eigenvalue weighted by Gasteiger charge is 2.12. The summed E-state index contributed by atoms with van der Waals surface area (Å²) in [4.78, 5) is 22.1. The van der Waals surface area contributed by atoms with Gasteiger partial charge in [0.05, 0.1) is 23.8 Å². The number of thiazole rings is 1. The number of amides is 1. The molecule has 1 amide bonds. The van der Waals surface area contributed by atoms with Gasteiger partial charge in [0.25, 0.3) is 0 Å². The van der Waals surface area contributed by atoms with Crippen LogP contribution >= 0.6 is 11.3 Å². The van der Waals surface area contributed by atoms with Gasteiger partial charge in [-0.25, -0.2) is 9.97 Å². The van der Waals surface area contributed by atoms with E-state index in [1.54, 1.807) is 34.3 Å². The molecule has 2 aromatic heterocycles. The topological polar surface area (TPSA) is 63.9 Å². The standard InChI is InChI=1S/C13H19N5OS/c1-10(2)13-16-11(7-20-13)6-17(3)12(19)4-5-18-9-14-8-15-18/h7-10H,4-6H2,1-3H3. The van der Waals surface area contributed by atoms with E-state index in [2.05, 4.69) is 28.9 Å². The molecular weight excluding hydrogens is 274 g/mol. The Kier molecular flexibility index (Phi) is 4.84. The van der Waals surface area contributed by atoms with Gasteiger partial charge in [0.15, 0.2) is 0 Å². The van der Waals surface area contributed by atoms with Gasteiger partial charge in [0.1, 0.15) is 12.7 Å². The summed E-state index contributed by atoms with van der Waals surface area (Å²) >= 11 is 1.65. The maximum Gasteiger partial charge on any atom is 0.224 e. The zero-order chi connectivity index (χ0) is 14.5. The maximum absolute atomic E-state index is 12.0. The number of hydrogen-bond donors (Lipinski definition) is 0. The van der Waals surface area contributed by atoms with Crippen molar-refractivity contribution in [1.82, 2.24) is 24.6 Å². The van der Waals surface area contributed by atoms with Crippen LogP contribution in [0.5, 0.6) is 0 Å². The quantitative estimate of drug-likeness (QED) is 0.816. The molecule has 20 heavy (non-hydrogen) atoms. The minimum Gasteiger partial charge on any atom is -0.340 e. The lowest BCUT2D eigenvalue weighted by Gasteiger charge is -2.15. The first kappa shape index (κ1) is 14.6. The summed E-state index contributed by atoms with van der Waals surface area (Å²) in [5.41, 5.74) is 0.954. The molecule has 0 saturated carbocycles. The van der Waals surface area contributed by atoms with Gasteiger partial charge >= 0.3 is 0 Å². The number of carbonyl (C=O) groups is 1. The van der Waals surface area contributed by atoms with Crippen molar-refractivity contribution in [3.8, 4) is 0 Å². The normalized spacial score (nSPS) is 11.0. The average Bonchev–Trinajstić information content (AvgIpc) is 3.06. The van der Waals surface area contributed by atoms with Gasteiger partial charge in [-0.3, -0.25) is 9.48 Å². The summed E-state index contributed by atoms with van der Waals surface area (Å²) in [6.45, 7) is 5.35. The summed E-state index contributed by atoms with van der Waals surface area (Å²) in [5.74, 6) is 0.515. The third-order valence-electron chi connectivity index (χ3n) is 2.91. The molecule has 7 heteroatoms. The molecule has 0 aromatic carbocycles. The second-order valence-corrected chi connectivity index (χ2v) is 5.88. The van der Waals surface area contributed by atoms with Crippen molar-refractivity contribution < 1.29 is 4.79 Å². The minimum atomic E-state index is 0.0830. The smallest absolute Gasteiger partial charge is 0.224 e.